The first-order chi connectivity index (χ1) is 9.38. The molecule has 0 aliphatic carbocycles. The second kappa shape index (κ2) is 7.47. The van der Waals surface area contributed by atoms with E-state index in [1.807, 2.05) is 0 Å². The van der Waals surface area contributed by atoms with Crippen molar-refractivity contribution in [1.82, 2.24) is 0 Å². The van der Waals surface area contributed by atoms with E-state index in [2.05, 4.69) is 0 Å². The van der Waals surface area contributed by atoms with E-state index in [-0.39, 0.29) is 24.5 Å². The molecule has 0 spiro atoms. The summed E-state index contributed by atoms with van der Waals surface area (Å²) in [5, 5.41) is 18.3. The van der Waals surface area contributed by atoms with Crippen molar-refractivity contribution in [2.75, 3.05) is 19.8 Å². The van der Waals surface area contributed by atoms with Crippen LogP contribution in [0.5, 0.6) is 5.75 Å². The Morgan fingerprint density at radius 2 is 1.95 bits per heavy atom. The van der Waals surface area contributed by atoms with E-state index >= 15 is 0 Å². The first-order valence-corrected chi connectivity index (χ1v) is 6.08. The van der Waals surface area contributed by atoms with Crippen molar-refractivity contribution in [3.63, 3.8) is 0 Å². The highest BCUT2D eigenvalue weighted by atomic mass is 19.4. The first-order valence-electron chi connectivity index (χ1n) is 6.08. The molecule has 0 radical (unpaired) electrons. The van der Waals surface area contributed by atoms with Crippen LogP contribution < -0.4 is 4.74 Å². The zero-order valence-corrected chi connectivity index (χ0v) is 11.0. The Bertz CT molecular complexity index is 421. The number of ether oxygens (including phenoxy) is 2. The Balaban J connectivity index is 2.79. The summed E-state index contributed by atoms with van der Waals surface area (Å²) in [6.07, 6.45) is -5.60. The largest absolute Gasteiger partial charge is 0.490 e. The third kappa shape index (κ3) is 4.99. The fourth-order valence-corrected chi connectivity index (χ4v) is 1.51. The number of aliphatic hydroxyl groups excluding tert-OH is 2. The lowest BCUT2D eigenvalue weighted by molar-refractivity contribution is -0.139. The molecule has 1 rings (SSSR count). The second-order valence-corrected chi connectivity index (χ2v) is 4.11. The summed E-state index contributed by atoms with van der Waals surface area (Å²) in [6.45, 7) is 1.34. The summed E-state index contributed by atoms with van der Waals surface area (Å²) in [6, 6.07) is 3.28. The van der Waals surface area contributed by atoms with Crippen LogP contribution in [-0.4, -0.2) is 36.1 Å². The zero-order chi connectivity index (χ0) is 15.2. The summed E-state index contributed by atoms with van der Waals surface area (Å²) >= 11 is 0. The fourth-order valence-electron chi connectivity index (χ4n) is 1.51. The Labute approximate surface area is 114 Å². The van der Waals surface area contributed by atoms with Gasteiger partial charge >= 0.3 is 6.18 Å². The van der Waals surface area contributed by atoms with Crippen LogP contribution in [0.1, 0.15) is 18.1 Å². The maximum absolute atomic E-state index is 12.8. The molecule has 0 saturated heterocycles. The highest BCUT2D eigenvalue weighted by Gasteiger charge is 2.34. The van der Waals surface area contributed by atoms with Crippen LogP contribution in [0.25, 0.3) is 0 Å². The molecular formula is C13H17F3O4. The van der Waals surface area contributed by atoms with Gasteiger partial charge in [-0.1, -0.05) is 6.07 Å². The monoisotopic (exact) mass is 294 g/mol. The van der Waals surface area contributed by atoms with Gasteiger partial charge in [0.1, 0.15) is 18.5 Å². The van der Waals surface area contributed by atoms with E-state index in [0.717, 1.165) is 12.1 Å². The molecule has 0 fully saturated rings. The minimum Gasteiger partial charge on any atom is -0.490 e. The van der Waals surface area contributed by atoms with Gasteiger partial charge in [0.25, 0.3) is 0 Å². The van der Waals surface area contributed by atoms with Gasteiger partial charge in [0.2, 0.25) is 0 Å². The van der Waals surface area contributed by atoms with E-state index in [9.17, 15) is 18.3 Å². The van der Waals surface area contributed by atoms with Crippen LogP contribution in [0.15, 0.2) is 18.2 Å². The third-order valence-corrected chi connectivity index (χ3v) is 2.48. The van der Waals surface area contributed by atoms with Crippen LogP contribution in [-0.2, 0) is 17.5 Å². The van der Waals surface area contributed by atoms with Crippen molar-refractivity contribution in [3.8, 4) is 5.75 Å². The van der Waals surface area contributed by atoms with Crippen molar-refractivity contribution in [2.24, 2.45) is 0 Å². The molecule has 0 aliphatic rings. The molecule has 0 aliphatic heterocycles. The first kappa shape index (κ1) is 16.7. The Hall–Kier alpha value is -1.31. The van der Waals surface area contributed by atoms with Gasteiger partial charge in [0.05, 0.1) is 18.8 Å². The molecule has 4 nitrogen and oxygen atoms in total. The highest BCUT2D eigenvalue weighted by Crippen LogP contribution is 2.36. The number of rotatable bonds is 7. The number of alkyl halides is 3. The van der Waals surface area contributed by atoms with Gasteiger partial charge in [-0.05, 0) is 24.6 Å². The number of benzene rings is 1. The number of hydrogen-bond donors (Lipinski definition) is 2. The SMILES string of the molecule is CCOCC(O)COc1ccc(CO)cc1C(F)(F)F. The Morgan fingerprint density at radius 1 is 1.25 bits per heavy atom. The predicted molar refractivity (Wildman–Crippen MR) is 65.4 cm³/mol. The summed E-state index contributed by atoms with van der Waals surface area (Å²) < 4.78 is 48.5. The van der Waals surface area contributed by atoms with E-state index in [4.69, 9.17) is 14.6 Å². The van der Waals surface area contributed by atoms with Gasteiger partial charge in [0.15, 0.2) is 0 Å². The summed E-state index contributed by atoms with van der Waals surface area (Å²) in [4.78, 5) is 0. The molecule has 7 heteroatoms. The van der Waals surface area contributed by atoms with Crippen LogP contribution in [0, 0.1) is 0 Å². The lowest BCUT2D eigenvalue weighted by atomic mass is 10.1. The minimum absolute atomic E-state index is 0.00737. The maximum atomic E-state index is 12.8. The van der Waals surface area contributed by atoms with Crippen LogP contribution >= 0.6 is 0 Å². The van der Waals surface area contributed by atoms with Crippen LogP contribution in [0.3, 0.4) is 0 Å². The van der Waals surface area contributed by atoms with Gasteiger partial charge < -0.3 is 19.7 Å². The molecule has 0 saturated carbocycles. The number of aliphatic hydroxyl groups is 2. The molecule has 0 heterocycles. The average molecular weight is 294 g/mol. The standard InChI is InChI=1S/C13H17F3O4/c1-2-19-7-10(18)8-20-12-4-3-9(6-17)5-11(12)13(14,15)16/h3-5,10,17-18H,2,6-8H2,1H3. The molecule has 1 aromatic rings. The predicted octanol–water partition coefficient (Wildman–Crippen LogP) is 1.97. The second-order valence-electron chi connectivity index (χ2n) is 4.11. The molecule has 1 unspecified atom stereocenters. The fraction of sp³-hybridized carbons (Fsp3) is 0.538. The van der Waals surface area contributed by atoms with Crippen molar-refractivity contribution in [3.05, 3.63) is 29.3 Å². The maximum Gasteiger partial charge on any atom is 0.419 e. The van der Waals surface area contributed by atoms with Gasteiger partial charge in [-0.3, -0.25) is 0 Å². The van der Waals surface area contributed by atoms with Gasteiger partial charge in [-0.2, -0.15) is 13.2 Å². The molecule has 1 aromatic carbocycles. The molecule has 0 bridgehead atoms. The average Bonchev–Trinajstić information content (AvgIpc) is 2.41. The Kier molecular flexibility index (Phi) is 6.25. The van der Waals surface area contributed by atoms with Crippen molar-refractivity contribution in [1.29, 1.82) is 0 Å². The minimum atomic E-state index is -4.59. The van der Waals surface area contributed by atoms with Crippen LogP contribution in [0.4, 0.5) is 13.2 Å². The lowest BCUT2D eigenvalue weighted by Gasteiger charge is -2.17. The van der Waals surface area contributed by atoms with E-state index in [1.54, 1.807) is 6.92 Å². The van der Waals surface area contributed by atoms with Gasteiger partial charge in [-0.25, -0.2) is 0 Å². The summed E-state index contributed by atoms with van der Waals surface area (Å²) in [5.41, 5.74) is -0.841. The van der Waals surface area contributed by atoms with Crippen LogP contribution in [0.2, 0.25) is 0 Å². The highest BCUT2D eigenvalue weighted by molar-refractivity contribution is 5.39. The molecule has 1 atom stereocenters. The Morgan fingerprint density at radius 3 is 2.50 bits per heavy atom. The zero-order valence-electron chi connectivity index (χ0n) is 11.0. The molecule has 2 N–H and O–H groups in total. The molecule has 0 aromatic heterocycles. The number of hydrogen-bond acceptors (Lipinski definition) is 4. The molecule has 20 heavy (non-hydrogen) atoms. The molecule has 114 valence electrons. The van der Waals surface area contributed by atoms with Crippen molar-refractivity contribution >= 4 is 0 Å². The lowest BCUT2D eigenvalue weighted by Crippen LogP contribution is -2.24. The van der Waals surface area contributed by atoms with Gasteiger partial charge in [-0.15, -0.1) is 0 Å². The van der Waals surface area contributed by atoms with E-state index in [0.29, 0.717) is 6.61 Å². The summed E-state index contributed by atoms with van der Waals surface area (Å²) in [5.74, 6) is -0.384. The van der Waals surface area contributed by atoms with Crippen molar-refractivity contribution < 1.29 is 32.9 Å². The number of halogens is 3. The van der Waals surface area contributed by atoms with Crippen molar-refractivity contribution in [2.45, 2.75) is 25.8 Å². The van der Waals surface area contributed by atoms with E-state index in [1.165, 1.54) is 6.07 Å². The quantitative estimate of drug-likeness (QED) is 0.807. The summed E-state index contributed by atoms with van der Waals surface area (Å²) in [7, 11) is 0. The third-order valence-electron chi connectivity index (χ3n) is 2.48. The topological polar surface area (TPSA) is 58.9 Å². The normalized spacial score (nSPS) is 13.3. The molecule has 0 amide bonds. The molecular weight excluding hydrogens is 277 g/mol. The van der Waals surface area contributed by atoms with Gasteiger partial charge in [0, 0.05) is 6.61 Å². The smallest absolute Gasteiger partial charge is 0.419 e. The van der Waals surface area contributed by atoms with E-state index < -0.39 is 24.5 Å².